The quantitative estimate of drug-likeness (QED) is 0.429. The number of hydrogen-bond acceptors (Lipinski definition) is 5. The van der Waals surface area contributed by atoms with Crippen molar-refractivity contribution in [1.29, 1.82) is 0 Å². The van der Waals surface area contributed by atoms with Gasteiger partial charge < -0.3 is 13.9 Å². The first-order valence-electron chi connectivity index (χ1n) is 6.79. The lowest BCUT2D eigenvalue weighted by molar-refractivity contribution is -0.160. The van der Waals surface area contributed by atoms with E-state index in [1.54, 1.807) is 0 Å². The molecule has 1 atom stereocenters. The summed E-state index contributed by atoms with van der Waals surface area (Å²) < 4.78 is 15.4. The molecule has 0 aromatic carbocycles. The Kier molecular flexibility index (Phi) is 6.90. The average molecular weight is 304 g/mol. The molecule has 0 saturated heterocycles. The van der Waals surface area contributed by atoms with Gasteiger partial charge in [0.1, 0.15) is 0 Å². The summed E-state index contributed by atoms with van der Waals surface area (Å²) in [5.74, 6) is -2.09. The summed E-state index contributed by atoms with van der Waals surface area (Å²) >= 11 is 0. The predicted molar refractivity (Wildman–Crippen MR) is 79.9 cm³/mol. The molecule has 0 fully saturated rings. The molecule has 5 nitrogen and oxygen atoms in total. The highest BCUT2D eigenvalue weighted by Gasteiger charge is 2.40. The smallest absolute Gasteiger partial charge is 0.320 e. The van der Waals surface area contributed by atoms with E-state index in [9.17, 15) is 9.59 Å². The molecule has 0 amide bonds. The maximum Gasteiger partial charge on any atom is 0.320 e. The van der Waals surface area contributed by atoms with Crippen LogP contribution in [0.4, 0.5) is 0 Å². The van der Waals surface area contributed by atoms with Gasteiger partial charge in [-0.05, 0) is 31.5 Å². The second-order valence-corrected chi connectivity index (χ2v) is 11.3. The summed E-state index contributed by atoms with van der Waals surface area (Å²) in [4.78, 5) is 23.3. The van der Waals surface area contributed by atoms with E-state index < -0.39 is 26.2 Å². The molecule has 118 valence electrons. The number of carbonyl (C=O) groups excluding carboxylic acids is 2. The van der Waals surface area contributed by atoms with Gasteiger partial charge in [-0.2, -0.15) is 0 Å². The van der Waals surface area contributed by atoms with E-state index in [0.717, 1.165) is 0 Å². The van der Waals surface area contributed by atoms with Crippen LogP contribution in [-0.2, 0) is 23.5 Å². The second-order valence-electron chi connectivity index (χ2n) is 6.52. The fourth-order valence-electron chi connectivity index (χ4n) is 1.63. The molecular weight excluding hydrogens is 276 g/mol. The van der Waals surface area contributed by atoms with Gasteiger partial charge in [0.05, 0.1) is 14.2 Å². The molecular formula is C14H28O5Si. The zero-order chi connectivity index (χ0) is 16.1. The van der Waals surface area contributed by atoms with Gasteiger partial charge in [-0.15, -0.1) is 0 Å². The Morgan fingerprint density at radius 3 is 1.75 bits per heavy atom. The lowest BCUT2D eigenvalue weighted by atomic mass is 10.0. The molecule has 0 aliphatic heterocycles. The zero-order valence-electron chi connectivity index (χ0n) is 13.9. The van der Waals surface area contributed by atoms with Gasteiger partial charge in [0.2, 0.25) is 0 Å². The van der Waals surface area contributed by atoms with Crippen molar-refractivity contribution in [3.8, 4) is 0 Å². The van der Waals surface area contributed by atoms with Crippen molar-refractivity contribution in [2.24, 2.45) is 5.92 Å². The van der Waals surface area contributed by atoms with Crippen LogP contribution in [0.5, 0.6) is 0 Å². The molecule has 0 N–H and O–H groups in total. The fourth-order valence-corrected chi connectivity index (χ4v) is 3.09. The van der Waals surface area contributed by atoms with Crippen molar-refractivity contribution in [3.05, 3.63) is 0 Å². The van der Waals surface area contributed by atoms with Crippen LogP contribution in [0.25, 0.3) is 0 Å². The highest BCUT2D eigenvalue weighted by atomic mass is 28.4. The average Bonchev–Trinajstić information content (AvgIpc) is 2.32. The van der Waals surface area contributed by atoms with E-state index in [0.29, 0.717) is 0 Å². The highest BCUT2D eigenvalue weighted by Crippen LogP contribution is 2.37. The lowest BCUT2D eigenvalue weighted by Crippen LogP contribution is -2.44. The Morgan fingerprint density at radius 1 is 1.05 bits per heavy atom. The van der Waals surface area contributed by atoms with E-state index in [1.807, 2.05) is 6.92 Å². The molecule has 1 unspecified atom stereocenters. The third-order valence-corrected chi connectivity index (χ3v) is 8.45. The number of hydrogen-bond donors (Lipinski definition) is 0. The topological polar surface area (TPSA) is 61.8 Å². The van der Waals surface area contributed by atoms with Gasteiger partial charge in [-0.1, -0.05) is 20.8 Å². The number of ether oxygens (including phenoxy) is 2. The largest absolute Gasteiger partial charge is 0.468 e. The Morgan fingerprint density at radius 2 is 1.45 bits per heavy atom. The summed E-state index contributed by atoms with van der Waals surface area (Å²) in [6.45, 7) is 12.6. The molecule has 0 heterocycles. The number of carbonyl (C=O) groups is 2. The van der Waals surface area contributed by atoms with Crippen molar-refractivity contribution < 1.29 is 23.5 Å². The van der Waals surface area contributed by atoms with Crippen LogP contribution in [0.2, 0.25) is 18.1 Å². The van der Waals surface area contributed by atoms with Crippen molar-refractivity contribution in [1.82, 2.24) is 0 Å². The Hall–Kier alpha value is -0.883. The minimum atomic E-state index is -1.93. The molecule has 0 spiro atoms. The highest BCUT2D eigenvalue weighted by molar-refractivity contribution is 6.74. The van der Waals surface area contributed by atoms with Crippen LogP contribution in [0, 0.1) is 5.92 Å². The third kappa shape index (κ3) is 5.24. The van der Waals surface area contributed by atoms with E-state index in [1.165, 1.54) is 14.2 Å². The summed E-state index contributed by atoms with van der Waals surface area (Å²) in [7, 11) is 0.594. The monoisotopic (exact) mass is 304 g/mol. The van der Waals surface area contributed by atoms with Crippen LogP contribution in [0.15, 0.2) is 0 Å². The fraction of sp³-hybridized carbons (Fsp3) is 0.857. The summed E-state index contributed by atoms with van der Waals surface area (Å²) in [6, 6.07) is 0. The van der Waals surface area contributed by atoms with Crippen molar-refractivity contribution in [2.75, 3.05) is 14.2 Å². The second kappa shape index (κ2) is 7.22. The van der Waals surface area contributed by atoms with Crippen molar-refractivity contribution in [3.63, 3.8) is 0 Å². The Labute approximate surface area is 123 Å². The van der Waals surface area contributed by atoms with Gasteiger partial charge in [-0.3, -0.25) is 9.59 Å². The zero-order valence-corrected chi connectivity index (χ0v) is 14.9. The van der Waals surface area contributed by atoms with Crippen LogP contribution in [0.1, 0.15) is 34.1 Å². The van der Waals surface area contributed by atoms with Gasteiger partial charge >= 0.3 is 11.9 Å². The first-order valence-corrected chi connectivity index (χ1v) is 9.70. The molecule has 0 radical (unpaired) electrons. The van der Waals surface area contributed by atoms with Crippen LogP contribution in [-0.4, -0.2) is 40.6 Å². The first kappa shape index (κ1) is 19.1. The lowest BCUT2D eigenvalue weighted by Gasteiger charge is -2.38. The van der Waals surface area contributed by atoms with Gasteiger partial charge in [0.15, 0.2) is 14.2 Å². The van der Waals surface area contributed by atoms with Crippen LogP contribution < -0.4 is 0 Å². The molecule has 0 aromatic heterocycles. The summed E-state index contributed by atoms with van der Waals surface area (Å²) in [5.41, 5.74) is 0. The SMILES string of the molecule is COC(=O)C(CC(C)O[Si](C)(C)C(C)(C)C)C(=O)OC. The van der Waals surface area contributed by atoms with Gasteiger partial charge in [-0.25, -0.2) is 0 Å². The maximum absolute atomic E-state index is 11.6. The van der Waals surface area contributed by atoms with Crippen LogP contribution >= 0.6 is 0 Å². The minimum absolute atomic E-state index is 0.0767. The standard InChI is InChI=1S/C14H28O5Si/c1-10(19-20(7,8)14(2,3)4)9-11(12(15)17-5)13(16)18-6/h10-11H,9H2,1-8H3. The summed E-state index contributed by atoms with van der Waals surface area (Å²) in [6.07, 6.45) is 0.0605. The van der Waals surface area contributed by atoms with Gasteiger partial charge in [0.25, 0.3) is 0 Å². The summed E-state index contributed by atoms with van der Waals surface area (Å²) in [5, 5.41) is 0.0767. The molecule has 0 aromatic rings. The van der Waals surface area contributed by atoms with E-state index >= 15 is 0 Å². The molecule has 0 aliphatic rings. The Balaban J connectivity index is 4.82. The first-order chi connectivity index (χ1) is 8.96. The normalized spacial score (nSPS) is 14.1. The molecule has 0 bridgehead atoms. The number of rotatable bonds is 6. The molecule has 6 heteroatoms. The number of methoxy groups -OCH3 is 2. The van der Waals surface area contributed by atoms with Gasteiger partial charge in [0, 0.05) is 6.10 Å². The number of esters is 2. The van der Waals surface area contributed by atoms with Crippen molar-refractivity contribution in [2.45, 2.75) is 58.4 Å². The molecule has 0 saturated carbocycles. The van der Waals surface area contributed by atoms with Crippen molar-refractivity contribution >= 4 is 20.3 Å². The molecule has 0 rings (SSSR count). The maximum atomic E-state index is 11.6. The van der Waals surface area contributed by atoms with Crippen LogP contribution in [0.3, 0.4) is 0 Å². The molecule has 0 aliphatic carbocycles. The Bertz CT molecular complexity index is 330. The predicted octanol–water partition coefficient (Wildman–Crippen LogP) is 2.75. The third-order valence-electron chi connectivity index (χ3n) is 3.84. The van der Waals surface area contributed by atoms with E-state index in [4.69, 9.17) is 4.43 Å². The molecule has 20 heavy (non-hydrogen) atoms. The van der Waals surface area contributed by atoms with E-state index in [-0.39, 0.29) is 17.6 Å². The minimum Gasteiger partial charge on any atom is -0.468 e. The van der Waals surface area contributed by atoms with E-state index in [2.05, 4.69) is 43.3 Å².